The zero-order valence-electron chi connectivity index (χ0n) is 10.7. The largest absolute Gasteiger partial charge is 0.394 e. The predicted octanol–water partition coefficient (Wildman–Crippen LogP) is -0.857. The van der Waals surface area contributed by atoms with Crippen molar-refractivity contribution in [2.75, 3.05) is 19.5 Å². The summed E-state index contributed by atoms with van der Waals surface area (Å²) in [4.78, 5) is 17.7. The van der Waals surface area contributed by atoms with Crippen molar-refractivity contribution >= 4 is 17.0 Å². The Bertz CT molecular complexity index is 651. The molecule has 0 amide bonds. The van der Waals surface area contributed by atoms with Crippen LogP contribution in [0.25, 0.3) is 11.0 Å². The van der Waals surface area contributed by atoms with Crippen LogP contribution in [0.3, 0.4) is 0 Å². The highest BCUT2D eigenvalue weighted by molar-refractivity contribution is 5.76. The molecule has 0 aliphatic carbocycles. The van der Waals surface area contributed by atoms with E-state index in [0.29, 0.717) is 0 Å². The molecule has 0 spiro atoms. The molecule has 0 unspecified atom stereocenters. The van der Waals surface area contributed by atoms with Crippen molar-refractivity contribution in [1.82, 2.24) is 14.5 Å². The van der Waals surface area contributed by atoms with E-state index >= 15 is 0 Å². The van der Waals surface area contributed by atoms with Crippen LogP contribution in [0.2, 0.25) is 0 Å². The zero-order valence-corrected chi connectivity index (χ0v) is 10.7. The van der Waals surface area contributed by atoms with Crippen molar-refractivity contribution in [3.63, 3.8) is 0 Å². The Morgan fingerprint density at radius 1 is 1.65 bits per heavy atom. The van der Waals surface area contributed by atoms with Gasteiger partial charge in [0.15, 0.2) is 5.65 Å². The second-order valence-electron chi connectivity index (χ2n) is 4.23. The van der Waals surface area contributed by atoms with E-state index in [1.54, 1.807) is 0 Å². The number of alkyl halides is 1. The van der Waals surface area contributed by atoms with Gasteiger partial charge in [-0.25, -0.2) is 4.39 Å². The Morgan fingerprint density at radius 2 is 2.35 bits per heavy atom. The van der Waals surface area contributed by atoms with Crippen LogP contribution < -0.4 is 11.3 Å². The fourth-order valence-corrected chi connectivity index (χ4v) is 1.92. The molecule has 110 valence electrons. The molecule has 2 aromatic heterocycles. The number of hydrogen-bond donors (Lipinski definition) is 4. The van der Waals surface area contributed by atoms with Crippen molar-refractivity contribution < 1.29 is 19.3 Å². The van der Waals surface area contributed by atoms with E-state index in [4.69, 9.17) is 15.6 Å². The van der Waals surface area contributed by atoms with Crippen LogP contribution in [0.15, 0.2) is 17.1 Å². The van der Waals surface area contributed by atoms with Crippen LogP contribution in [0.5, 0.6) is 0 Å². The van der Waals surface area contributed by atoms with Crippen LogP contribution >= 0.6 is 0 Å². The maximum atomic E-state index is 14.3. The summed E-state index contributed by atoms with van der Waals surface area (Å²) in [5.74, 6) is -0.158. The summed E-state index contributed by atoms with van der Waals surface area (Å²) in [6.45, 7) is -0.548. The van der Waals surface area contributed by atoms with Gasteiger partial charge in [-0.05, 0) is 6.07 Å². The van der Waals surface area contributed by atoms with Gasteiger partial charge in [-0.3, -0.25) is 14.3 Å². The van der Waals surface area contributed by atoms with Gasteiger partial charge in [-0.2, -0.15) is 4.98 Å². The number of aromatic nitrogens is 3. The number of aliphatic hydroxyl groups is 2. The lowest BCUT2D eigenvalue weighted by Crippen LogP contribution is -2.37. The lowest BCUT2D eigenvalue weighted by Gasteiger charge is -2.23. The summed E-state index contributed by atoms with van der Waals surface area (Å²) < 4.78 is 20.0. The molecular weight excluding hydrogens is 271 g/mol. The average molecular weight is 286 g/mol. The quantitative estimate of drug-likeness (QED) is 0.566. The molecule has 2 rings (SSSR count). The molecule has 9 heteroatoms. The first-order valence-corrected chi connectivity index (χ1v) is 5.81. The number of nitrogens with zero attached hydrogens (tertiary/aromatic N) is 2. The molecule has 0 bridgehead atoms. The van der Waals surface area contributed by atoms with Gasteiger partial charge in [0, 0.05) is 13.3 Å². The number of nitrogens with one attached hydrogen (secondary N) is 1. The average Bonchev–Trinajstić information content (AvgIpc) is 2.83. The van der Waals surface area contributed by atoms with Gasteiger partial charge in [0.1, 0.15) is 12.2 Å². The SMILES string of the molecule is CO[C@H](CO)[C@@H](O)[C@@H](F)n1ccc2c(=O)[nH]c(N)nc21. The summed E-state index contributed by atoms with van der Waals surface area (Å²) in [7, 11) is 1.24. The molecular formula is C11H15FN4O4. The highest BCUT2D eigenvalue weighted by atomic mass is 19.1. The number of ether oxygens (including phenoxy) is 1. The molecule has 0 fully saturated rings. The molecule has 20 heavy (non-hydrogen) atoms. The molecule has 0 aromatic carbocycles. The van der Waals surface area contributed by atoms with Gasteiger partial charge in [-0.15, -0.1) is 0 Å². The third-order valence-electron chi connectivity index (χ3n) is 3.01. The summed E-state index contributed by atoms with van der Waals surface area (Å²) in [5, 5.41) is 19.0. The van der Waals surface area contributed by atoms with E-state index in [0.717, 1.165) is 4.57 Å². The van der Waals surface area contributed by atoms with Crippen LogP contribution in [0, 0.1) is 0 Å². The Hall–Kier alpha value is -1.97. The fraction of sp³-hybridized carbons (Fsp3) is 0.455. The minimum absolute atomic E-state index is 0.00518. The molecule has 0 saturated carbocycles. The fourth-order valence-electron chi connectivity index (χ4n) is 1.92. The molecule has 0 aliphatic heterocycles. The van der Waals surface area contributed by atoms with Crippen molar-refractivity contribution in [3.05, 3.63) is 22.6 Å². The Balaban J connectivity index is 2.45. The summed E-state index contributed by atoms with van der Waals surface area (Å²) in [6, 6.07) is 1.36. The van der Waals surface area contributed by atoms with Gasteiger partial charge in [0.2, 0.25) is 12.2 Å². The maximum absolute atomic E-state index is 14.3. The highest BCUT2D eigenvalue weighted by Gasteiger charge is 2.30. The number of nitrogens with two attached hydrogens (primary N) is 1. The van der Waals surface area contributed by atoms with Crippen LogP contribution in [0.1, 0.15) is 6.30 Å². The lowest BCUT2D eigenvalue weighted by molar-refractivity contribution is -0.0890. The van der Waals surface area contributed by atoms with E-state index < -0.39 is 30.7 Å². The van der Waals surface area contributed by atoms with Gasteiger partial charge >= 0.3 is 0 Å². The Labute approximate surface area is 112 Å². The number of aliphatic hydroxyl groups excluding tert-OH is 2. The minimum atomic E-state index is -1.95. The summed E-state index contributed by atoms with van der Waals surface area (Å²) in [6.07, 6.45) is -3.40. The number of halogens is 1. The number of methoxy groups -OCH3 is 1. The smallest absolute Gasteiger partial charge is 0.261 e. The summed E-state index contributed by atoms with van der Waals surface area (Å²) >= 11 is 0. The van der Waals surface area contributed by atoms with Gasteiger partial charge in [0.25, 0.3) is 5.56 Å². The van der Waals surface area contributed by atoms with E-state index in [9.17, 15) is 14.3 Å². The van der Waals surface area contributed by atoms with E-state index in [1.807, 2.05) is 0 Å². The second-order valence-corrected chi connectivity index (χ2v) is 4.23. The monoisotopic (exact) mass is 286 g/mol. The molecule has 0 saturated heterocycles. The maximum Gasteiger partial charge on any atom is 0.261 e. The number of aromatic amines is 1. The molecule has 2 heterocycles. The molecule has 5 N–H and O–H groups in total. The molecule has 2 aromatic rings. The van der Waals surface area contributed by atoms with Crippen molar-refractivity contribution in [3.8, 4) is 0 Å². The number of nitrogen functional groups attached to an aromatic ring is 1. The first kappa shape index (κ1) is 14.4. The van der Waals surface area contributed by atoms with E-state index in [-0.39, 0.29) is 17.0 Å². The second kappa shape index (κ2) is 5.57. The normalized spacial score (nSPS) is 16.2. The predicted molar refractivity (Wildman–Crippen MR) is 68.8 cm³/mol. The van der Waals surface area contributed by atoms with Crippen molar-refractivity contribution in [2.45, 2.75) is 18.5 Å². The third-order valence-corrected chi connectivity index (χ3v) is 3.01. The molecule has 3 atom stereocenters. The number of hydrogen-bond acceptors (Lipinski definition) is 6. The number of anilines is 1. The topological polar surface area (TPSA) is 126 Å². The first-order valence-electron chi connectivity index (χ1n) is 5.81. The van der Waals surface area contributed by atoms with Crippen molar-refractivity contribution in [1.29, 1.82) is 0 Å². The van der Waals surface area contributed by atoms with Crippen LogP contribution in [-0.4, -0.2) is 50.7 Å². The Kier molecular flexibility index (Phi) is 4.02. The van der Waals surface area contributed by atoms with Crippen molar-refractivity contribution in [2.24, 2.45) is 0 Å². The van der Waals surface area contributed by atoms with Gasteiger partial charge in [0.05, 0.1) is 12.0 Å². The number of fused-ring (bicyclic) bond motifs is 1. The molecule has 0 radical (unpaired) electrons. The highest BCUT2D eigenvalue weighted by Crippen LogP contribution is 2.22. The Morgan fingerprint density at radius 3 is 2.95 bits per heavy atom. The standard InChI is InChI=1S/C11H15FN4O4/c1-20-6(4-17)7(18)8(12)16-3-2-5-9(16)14-11(13)15-10(5)19/h2-3,6-8,17-18H,4H2,1H3,(H3,13,14,15,19)/t6-,7-,8+/m1/s1. The number of H-pyrrole nitrogens is 1. The zero-order chi connectivity index (χ0) is 14.9. The van der Waals surface area contributed by atoms with Crippen LogP contribution in [-0.2, 0) is 4.74 Å². The minimum Gasteiger partial charge on any atom is -0.394 e. The van der Waals surface area contributed by atoms with Gasteiger partial charge < -0.3 is 20.7 Å². The van der Waals surface area contributed by atoms with E-state index in [2.05, 4.69) is 9.97 Å². The molecule has 8 nitrogen and oxygen atoms in total. The van der Waals surface area contributed by atoms with E-state index in [1.165, 1.54) is 19.4 Å². The van der Waals surface area contributed by atoms with Gasteiger partial charge in [-0.1, -0.05) is 0 Å². The first-order chi connectivity index (χ1) is 9.49. The van der Waals surface area contributed by atoms with Crippen LogP contribution in [0.4, 0.5) is 10.3 Å². The summed E-state index contributed by atoms with van der Waals surface area (Å²) in [5.41, 5.74) is 4.92. The number of rotatable bonds is 5. The molecule has 0 aliphatic rings. The third kappa shape index (κ3) is 2.38. The lowest BCUT2D eigenvalue weighted by atomic mass is 10.2.